The van der Waals surface area contributed by atoms with Gasteiger partial charge in [-0.1, -0.05) is 35.9 Å². The number of nitrogens with one attached hydrogen (secondary N) is 2. The summed E-state index contributed by atoms with van der Waals surface area (Å²) < 4.78 is 29.3. The fraction of sp³-hybridized carbons (Fsp3) is 0.125. The van der Waals surface area contributed by atoms with Crippen LogP contribution in [0.4, 0.5) is 15.8 Å². The van der Waals surface area contributed by atoms with Crippen LogP contribution in [-0.4, -0.2) is 38.6 Å². The molecule has 2 amide bonds. The van der Waals surface area contributed by atoms with E-state index in [0.29, 0.717) is 0 Å². The van der Waals surface area contributed by atoms with Gasteiger partial charge in [-0.15, -0.1) is 0 Å². The number of halogens is 2. The summed E-state index contributed by atoms with van der Waals surface area (Å²) in [5.41, 5.74) is 0.0729. The molecule has 0 aliphatic heterocycles. The molecule has 0 saturated heterocycles. The van der Waals surface area contributed by atoms with Gasteiger partial charge in [-0.2, -0.15) is 0 Å². The number of rotatable bonds is 8. The molecule has 0 aliphatic rings. The van der Waals surface area contributed by atoms with E-state index in [2.05, 4.69) is 10.6 Å². The van der Waals surface area contributed by atoms with E-state index in [0.717, 1.165) is 0 Å². The lowest BCUT2D eigenvalue weighted by atomic mass is 10.1. The Morgan fingerprint density at radius 2 is 1.50 bits per heavy atom. The van der Waals surface area contributed by atoms with Crippen LogP contribution in [0.1, 0.15) is 20.7 Å². The van der Waals surface area contributed by atoms with Crippen molar-refractivity contribution in [1.29, 1.82) is 0 Å². The maximum absolute atomic E-state index is 13.7. The molecule has 0 spiro atoms. The summed E-state index contributed by atoms with van der Waals surface area (Å²) in [7, 11) is 2.76. The summed E-state index contributed by atoms with van der Waals surface area (Å²) in [6.07, 6.45) is 0. The van der Waals surface area contributed by atoms with Crippen molar-refractivity contribution < 1.29 is 33.0 Å². The van der Waals surface area contributed by atoms with Gasteiger partial charge in [-0.25, -0.2) is 9.18 Å². The molecule has 0 radical (unpaired) electrons. The number of amides is 2. The van der Waals surface area contributed by atoms with E-state index in [9.17, 15) is 18.8 Å². The molecule has 2 N–H and O–H groups in total. The summed E-state index contributed by atoms with van der Waals surface area (Å²) in [6.45, 7) is -0.695. The van der Waals surface area contributed by atoms with Gasteiger partial charge >= 0.3 is 5.97 Å². The SMILES string of the molecule is COc1cc(NC(=O)c2ccccc2Cl)c(C(=O)OCC(=O)Nc2ccccc2F)cc1OC. The predicted octanol–water partition coefficient (Wildman–Crippen LogP) is 4.54. The molecule has 0 heterocycles. The van der Waals surface area contributed by atoms with Gasteiger partial charge in [0.15, 0.2) is 18.1 Å². The van der Waals surface area contributed by atoms with Crippen LogP contribution in [0.2, 0.25) is 5.02 Å². The summed E-state index contributed by atoms with van der Waals surface area (Å²) in [5, 5.41) is 5.13. The number of hydrogen-bond donors (Lipinski definition) is 2. The predicted molar refractivity (Wildman–Crippen MR) is 124 cm³/mol. The number of methoxy groups -OCH3 is 2. The van der Waals surface area contributed by atoms with Crippen molar-refractivity contribution in [2.24, 2.45) is 0 Å². The highest BCUT2D eigenvalue weighted by Gasteiger charge is 2.22. The minimum absolute atomic E-state index is 0.0436. The Morgan fingerprint density at radius 1 is 0.853 bits per heavy atom. The molecule has 0 fully saturated rings. The topological polar surface area (TPSA) is 103 Å². The van der Waals surface area contributed by atoms with E-state index < -0.39 is 30.2 Å². The minimum atomic E-state index is -0.931. The number of ether oxygens (including phenoxy) is 3. The molecule has 0 unspecified atom stereocenters. The average Bonchev–Trinajstić information content (AvgIpc) is 2.83. The molecule has 0 aliphatic carbocycles. The number of benzene rings is 3. The first-order chi connectivity index (χ1) is 16.3. The molecule has 0 saturated carbocycles. The van der Waals surface area contributed by atoms with Gasteiger partial charge in [0.25, 0.3) is 11.8 Å². The van der Waals surface area contributed by atoms with Gasteiger partial charge in [-0.3, -0.25) is 9.59 Å². The highest BCUT2D eigenvalue weighted by atomic mass is 35.5. The molecule has 0 atom stereocenters. The van der Waals surface area contributed by atoms with Crippen LogP contribution >= 0.6 is 11.6 Å². The van der Waals surface area contributed by atoms with Crippen LogP contribution in [0.5, 0.6) is 11.5 Å². The largest absolute Gasteiger partial charge is 0.493 e. The van der Waals surface area contributed by atoms with Gasteiger partial charge in [0, 0.05) is 12.1 Å². The van der Waals surface area contributed by atoms with E-state index in [4.69, 9.17) is 25.8 Å². The lowest BCUT2D eigenvalue weighted by Crippen LogP contribution is -2.22. The molecule has 3 rings (SSSR count). The Kier molecular flexibility index (Phi) is 8.05. The van der Waals surface area contributed by atoms with Gasteiger partial charge in [0.05, 0.1) is 41.7 Å². The molecule has 0 aromatic heterocycles. The van der Waals surface area contributed by atoms with Crippen molar-refractivity contribution in [2.75, 3.05) is 31.5 Å². The zero-order valence-corrected chi connectivity index (χ0v) is 18.9. The first-order valence-corrected chi connectivity index (χ1v) is 10.2. The van der Waals surface area contributed by atoms with Crippen LogP contribution in [0.25, 0.3) is 0 Å². The summed E-state index contributed by atoms with van der Waals surface area (Å²) >= 11 is 6.09. The molecule has 176 valence electrons. The second-order valence-corrected chi connectivity index (χ2v) is 7.20. The second kappa shape index (κ2) is 11.2. The van der Waals surface area contributed by atoms with E-state index in [1.165, 1.54) is 50.6 Å². The normalized spacial score (nSPS) is 10.2. The van der Waals surface area contributed by atoms with Crippen molar-refractivity contribution in [3.05, 3.63) is 82.6 Å². The molecule has 34 heavy (non-hydrogen) atoms. The summed E-state index contributed by atoms with van der Waals surface area (Å²) in [6, 6.07) is 14.6. The molecular weight excluding hydrogens is 467 g/mol. The smallest absolute Gasteiger partial charge is 0.340 e. The molecule has 3 aromatic carbocycles. The van der Waals surface area contributed by atoms with E-state index >= 15 is 0 Å². The first kappa shape index (κ1) is 24.5. The molecule has 8 nitrogen and oxygen atoms in total. The fourth-order valence-electron chi connectivity index (χ4n) is 2.94. The van der Waals surface area contributed by atoms with Crippen LogP contribution in [0.3, 0.4) is 0 Å². The monoisotopic (exact) mass is 486 g/mol. The second-order valence-electron chi connectivity index (χ2n) is 6.79. The average molecular weight is 487 g/mol. The lowest BCUT2D eigenvalue weighted by Gasteiger charge is -2.15. The van der Waals surface area contributed by atoms with Crippen molar-refractivity contribution in [2.45, 2.75) is 0 Å². The van der Waals surface area contributed by atoms with Crippen molar-refractivity contribution in [1.82, 2.24) is 0 Å². The van der Waals surface area contributed by atoms with Gasteiger partial charge in [0.2, 0.25) is 0 Å². The van der Waals surface area contributed by atoms with Gasteiger partial charge in [0.1, 0.15) is 5.82 Å². The zero-order chi connectivity index (χ0) is 24.7. The Balaban J connectivity index is 1.81. The number of carbonyl (C=O) groups is 3. The summed E-state index contributed by atoms with van der Waals surface area (Å²) in [5.74, 6) is -2.46. The van der Waals surface area contributed by atoms with Crippen LogP contribution in [0, 0.1) is 5.82 Å². The summed E-state index contributed by atoms with van der Waals surface area (Å²) in [4.78, 5) is 37.7. The Hall–Kier alpha value is -4.11. The van der Waals surface area contributed by atoms with E-state index in [1.807, 2.05) is 0 Å². The standard InChI is InChI=1S/C24H20ClFN2O6/c1-32-20-11-15(24(31)34-13-22(29)27-18-10-6-5-9-17(18)26)19(12-21(20)33-2)28-23(30)14-7-3-4-8-16(14)25/h3-12H,13H2,1-2H3,(H,27,29)(H,28,30). The van der Waals surface area contributed by atoms with Crippen molar-refractivity contribution in [3.8, 4) is 11.5 Å². The number of para-hydroxylation sites is 1. The molecule has 0 bridgehead atoms. The van der Waals surface area contributed by atoms with Crippen molar-refractivity contribution in [3.63, 3.8) is 0 Å². The number of carbonyl (C=O) groups excluding carboxylic acids is 3. The van der Waals surface area contributed by atoms with E-state index in [1.54, 1.807) is 24.3 Å². The van der Waals surface area contributed by atoms with Crippen LogP contribution in [0.15, 0.2) is 60.7 Å². The Morgan fingerprint density at radius 3 is 2.18 bits per heavy atom. The van der Waals surface area contributed by atoms with Gasteiger partial charge < -0.3 is 24.8 Å². The molecule has 10 heteroatoms. The molecular formula is C24H20ClFN2O6. The number of anilines is 2. The van der Waals surface area contributed by atoms with Crippen LogP contribution < -0.4 is 20.1 Å². The van der Waals surface area contributed by atoms with E-state index in [-0.39, 0.29) is 39.0 Å². The minimum Gasteiger partial charge on any atom is -0.493 e. The third-order valence-electron chi connectivity index (χ3n) is 4.59. The zero-order valence-electron chi connectivity index (χ0n) is 18.2. The fourth-order valence-corrected chi connectivity index (χ4v) is 3.17. The highest BCUT2D eigenvalue weighted by molar-refractivity contribution is 6.34. The number of hydrogen-bond acceptors (Lipinski definition) is 6. The maximum Gasteiger partial charge on any atom is 0.340 e. The maximum atomic E-state index is 13.7. The third-order valence-corrected chi connectivity index (χ3v) is 4.92. The van der Waals surface area contributed by atoms with Crippen LogP contribution in [-0.2, 0) is 9.53 Å². The lowest BCUT2D eigenvalue weighted by molar-refractivity contribution is -0.119. The molecule has 3 aromatic rings. The van der Waals surface area contributed by atoms with Gasteiger partial charge in [-0.05, 0) is 24.3 Å². The number of esters is 1. The Bertz CT molecular complexity index is 1230. The third kappa shape index (κ3) is 5.81. The first-order valence-electron chi connectivity index (χ1n) is 9.87. The highest BCUT2D eigenvalue weighted by Crippen LogP contribution is 2.34. The Labute approximate surface area is 199 Å². The quantitative estimate of drug-likeness (QED) is 0.453. The van der Waals surface area contributed by atoms with Crippen molar-refractivity contribution >= 4 is 40.8 Å².